The van der Waals surface area contributed by atoms with Crippen LogP contribution in [0.3, 0.4) is 0 Å². The summed E-state index contributed by atoms with van der Waals surface area (Å²) in [5.41, 5.74) is 4.54. The minimum atomic E-state index is -0.0666. The number of aryl methyl sites for hydroxylation is 1. The monoisotopic (exact) mass is 490 g/mol. The molecular weight excluding hydrogens is 460 g/mol. The molecule has 3 heterocycles. The van der Waals surface area contributed by atoms with Gasteiger partial charge in [-0.05, 0) is 68.2 Å². The SMILES string of the molecule is Cc1cccc(-c2n[nH]c(=S)n2CC(=O)N2CC3(CCCC3)c3cc4c(cc3C2C)OCCO4)c1. The molecular formula is C27H30N4O3S. The average molecular weight is 491 g/mol. The highest BCUT2D eigenvalue weighted by Gasteiger charge is 2.46. The number of carbonyl (C=O) groups is 1. The summed E-state index contributed by atoms with van der Waals surface area (Å²) in [6.07, 6.45) is 4.51. The molecule has 3 aliphatic rings. The maximum atomic E-state index is 13.9. The highest BCUT2D eigenvalue weighted by molar-refractivity contribution is 7.71. The normalized spacial score (nSPS) is 20.2. The summed E-state index contributed by atoms with van der Waals surface area (Å²) in [6.45, 7) is 6.15. The molecule has 1 spiro atoms. The first-order valence-corrected chi connectivity index (χ1v) is 12.8. The summed E-state index contributed by atoms with van der Waals surface area (Å²) < 4.78 is 14.1. The standard InChI is InChI=1S/C27H30N4O3S/c1-17-6-5-7-19(12-17)25-28-29-26(35)30(25)15-24(32)31-16-27(8-3-4-9-27)21-14-23-22(33-10-11-34-23)13-20(21)18(31)2/h5-7,12-14,18H,3-4,8-11,15-16H2,1-2H3,(H,29,35). The second-order valence-electron chi connectivity index (χ2n) is 10.1. The van der Waals surface area contributed by atoms with Crippen LogP contribution in [0.25, 0.3) is 11.4 Å². The molecule has 1 fully saturated rings. The number of hydrogen-bond donors (Lipinski definition) is 1. The van der Waals surface area contributed by atoms with Gasteiger partial charge in [-0.3, -0.25) is 14.5 Å². The zero-order valence-electron chi connectivity index (χ0n) is 20.2. The van der Waals surface area contributed by atoms with Crippen LogP contribution in [-0.2, 0) is 16.8 Å². The fourth-order valence-electron chi connectivity index (χ4n) is 6.10. The molecule has 0 bridgehead atoms. The number of hydrogen-bond acceptors (Lipinski definition) is 5. The molecule has 35 heavy (non-hydrogen) atoms. The molecule has 1 aliphatic carbocycles. The van der Waals surface area contributed by atoms with Crippen LogP contribution in [0.2, 0.25) is 0 Å². The van der Waals surface area contributed by atoms with E-state index in [1.165, 1.54) is 24.0 Å². The molecule has 1 atom stereocenters. The lowest BCUT2D eigenvalue weighted by Crippen LogP contribution is -2.49. The Bertz CT molecular complexity index is 1350. The van der Waals surface area contributed by atoms with Crippen molar-refractivity contribution in [3.8, 4) is 22.9 Å². The number of fused-ring (bicyclic) bond motifs is 3. The highest BCUT2D eigenvalue weighted by Crippen LogP contribution is 2.52. The molecule has 0 radical (unpaired) electrons. The van der Waals surface area contributed by atoms with E-state index in [-0.39, 0.29) is 23.9 Å². The van der Waals surface area contributed by atoms with Gasteiger partial charge in [0.1, 0.15) is 19.8 Å². The lowest BCUT2D eigenvalue weighted by Gasteiger charge is -2.46. The van der Waals surface area contributed by atoms with Gasteiger partial charge in [-0.15, -0.1) is 0 Å². The van der Waals surface area contributed by atoms with E-state index in [9.17, 15) is 4.79 Å². The second-order valence-corrected chi connectivity index (χ2v) is 10.5. The maximum absolute atomic E-state index is 13.9. The number of aromatic amines is 1. The van der Waals surface area contributed by atoms with Gasteiger partial charge in [0.2, 0.25) is 5.91 Å². The minimum absolute atomic E-state index is 0.0371. The van der Waals surface area contributed by atoms with Crippen LogP contribution >= 0.6 is 12.2 Å². The van der Waals surface area contributed by atoms with E-state index in [4.69, 9.17) is 21.7 Å². The number of benzene rings is 2. The Morgan fingerprint density at radius 2 is 1.91 bits per heavy atom. The van der Waals surface area contributed by atoms with Gasteiger partial charge < -0.3 is 14.4 Å². The first-order chi connectivity index (χ1) is 16.9. The van der Waals surface area contributed by atoms with E-state index in [0.717, 1.165) is 35.5 Å². The third kappa shape index (κ3) is 3.75. The summed E-state index contributed by atoms with van der Waals surface area (Å²) in [5.74, 6) is 2.35. The molecule has 3 aromatic rings. The van der Waals surface area contributed by atoms with Crippen molar-refractivity contribution in [3.05, 3.63) is 57.9 Å². The molecule has 2 aliphatic heterocycles. The Balaban J connectivity index is 1.36. The van der Waals surface area contributed by atoms with Gasteiger partial charge in [0.15, 0.2) is 22.1 Å². The molecule has 6 rings (SSSR count). The van der Waals surface area contributed by atoms with Crippen LogP contribution in [0.5, 0.6) is 11.5 Å². The van der Waals surface area contributed by atoms with E-state index < -0.39 is 0 Å². The number of aromatic nitrogens is 3. The largest absolute Gasteiger partial charge is 0.486 e. The van der Waals surface area contributed by atoms with Crippen molar-refractivity contribution in [3.63, 3.8) is 0 Å². The van der Waals surface area contributed by atoms with Crippen molar-refractivity contribution in [2.45, 2.75) is 57.5 Å². The molecule has 1 amide bonds. The van der Waals surface area contributed by atoms with Gasteiger partial charge in [-0.25, -0.2) is 0 Å². The lowest BCUT2D eigenvalue weighted by atomic mass is 9.71. The van der Waals surface area contributed by atoms with Crippen molar-refractivity contribution >= 4 is 18.1 Å². The molecule has 1 unspecified atom stereocenters. The fraction of sp³-hybridized carbons (Fsp3) is 0.444. The number of H-pyrrole nitrogens is 1. The molecule has 182 valence electrons. The van der Waals surface area contributed by atoms with Crippen LogP contribution in [0.4, 0.5) is 0 Å². The molecule has 1 N–H and O–H groups in total. The third-order valence-electron chi connectivity index (χ3n) is 7.89. The summed E-state index contributed by atoms with van der Waals surface area (Å²) in [4.78, 5) is 15.9. The van der Waals surface area contributed by atoms with Crippen molar-refractivity contribution < 1.29 is 14.3 Å². The summed E-state index contributed by atoms with van der Waals surface area (Å²) in [7, 11) is 0. The van der Waals surface area contributed by atoms with Crippen molar-refractivity contribution in [2.24, 2.45) is 0 Å². The Morgan fingerprint density at radius 1 is 1.17 bits per heavy atom. The number of nitrogens with zero attached hydrogens (tertiary/aromatic N) is 3. The molecule has 0 saturated heterocycles. The highest BCUT2D eigenvalue weighted by atomic mass is 32.1. The maximum Gasteiger partial charge on any atom is 0.243 e. The molecule has 1 aromatic heterocycles. The zero-order chi connectivity index (χ0) is 24.2. The number of amides is 1. The topological polar surface area (TPSA) is 72.4 Å². The predicted molar refractivity (Wildman–Crippen MR) is 135 cm³/mol. The van der Waals surface area contributed by atoms with Crippen LogP contribution in [-0.4, -0.2) is 45.3 Å². The van der Waals surface area contributed by atoms with Crippen molar-refractivity contribution in [1.29, 1.82) is 0 Å². The van der Waals surface area contributed by atoms with E-state index in [1.807, 2.05) is 34.6 Å². The summed E-state index contributed by atoms with van der Waals surface area (Å²) in [6, 6.07) is 12.3. The van der Waals surface area contributed by atoms with E-state index >= 15 is 0 Å². The molecule has 1 saturated carbocycles. The Hall–Kier alpha value is -3.13. The second kappa shape index (κ2) is 8.52. The van der Waals surface area contributed by atoms with Gasteiger partial charge in [0.05, 0.1) is 6.04 Å². The molecule has 8 heteroatoms. The van der Waals surface area contributed by atoms with E-state index in [1.54, 1.807) is 0 Å². The van der Waals surface area contributed by atoms with Gasteiger partial charge in [-0.2, -0.15) is 5.10 Å². The molecule has 2 aromatic carbocycles. The predicted octanol–water partition coefficient (Wildman–Crippen LogP) is 5.10. The summed E-state index contributed by atoms with van der Waals surface area (Å²) in [5, 5.41) is 7.33. The quantitative estimate of drug-likeness (QED) is 0.517. The van der Waals surface area contributed by atoms with Gasteiger partial charge >= 0.3 is 0 Å². The van der Waals surface area contributed by atoms with Gasteiger partial charge in [-0.1, -0.05) is 36.6 Å². The van der Waals surface area contributed by atoms with Crippen molar-refractivity contribution in [1.82, 2.24) is 19.7 Å². The fourth-order valence-corrected chi connectivity index (χ4v) is 6.30. The smallest absolute Gasteiger partial charge is 0.243 e. The Morgan fingerprint density at radius 3 is 2.66 bits per heavy atom. The van der Waals surface area contributed by atoms with Crippen LogP contribution in [0.15, 0.2) is 36.4 Å². The summed E-state index contributed by atoms with van der Waals surface area (Å²) >= 11 is 5.53. The third-order valence-corrected chi connectivity index (χ3v) is 8.20. The van der Waals surface area contributed by atoms with Crippen LogP contribution in [0, 0.1) is 11.7 Å². The number of carbonyl (C=O) groups excluding carboxylic acids is 1. The first kappa shape index (κ1) is 22.3. The Kier molecular flexibility index (Phi) is 5.44. The van der Waals surface area contributed by atoms with Gasteiger partial charge in [0.25, 0.3) is 0 Å². The Labute approximate surface area is 210 Å². The lowest BCUT2D eigenvalue weighted by molar-refractivity contribution is -0.135. The van der Waals surface area contributed by atoms with Gasteiger partial charge in [0, 0.05) is 17.5 Å². The zero-order valence-corrected chi connectivity index (χ0v) is 21.0. The number of ether oxygens (including phenoxy) is 2. The minimum Gasteiger partial charge on any atom is -0.486 e. The first-order valence-electron chi connectivity index (χ1n) is 12.4. The van der Waals surface area contributed by atoms with Crippen LogP contribution in [0.1, 0.15) is 55.3 Å². The van der Waals surface area contributed by atoms with E-state index in [0.29, 0.717) is 30.4 Å². The van der Waals surface area contributed by atoms with Crippen LogP contribution < -0.4 is 9.47 Å². The van der Waals surface area contributed by atoms with E-state index in [2.05, 4.69) is 35.3 Å². The molecule has 7 nitrogen and oxygen atoms in total. The number of rotatable bonds is 3. The number of nitrogens with one attached hydrogen (secondary N) is 1. The average Bonchev–Trinajstić information content (AvgIpc) is 3.48. The van der Waals surface area contributed by atoms with Crippen molar-refractivity contribution in [2.75, 3.05) is 19.8 Å².